The Morgan fingerprint density at radius 3 is 2.69 bits per heavy atom. The van der Waals surface area contributed by atoms with Crippen molar-refractivity contribution >= 4 is 11.7 Å². The number of aliphatic carboxylic acids is 1. The van der Waals surface area contributed by atoms with Crippen LogP contribution in [0.5, 0.6) is 0 Å². The van der Waals surface area contributed by atoms with E-state index in [0.717, 1.165) is 5.56 Å². The topological polar surface area (TPSA) is 101 Å². The maximum Gasteiger partial charge on any atom is 0.306 e. The van der Waals surface area contributed by atoms with Crippen molar-refractivity contribution in [2.24, 2.45) is 0 Å². The SMILES string of the molecule is Cc1ccc([N+](=O)[O-])c([C@H](O)CC(=O)O)c1. The summed E-state index contributed by atoms with van der Waals surface area (Å²) in [6.45, 7) is 1.71. The number of aliphatic hydroxyl groups excluding tert-OH is 1. The number of carbonyl (C=O) groups is 1. The van der Waals surface area contributed by atoms with Crippen molar-refractivity contribution in [2.45, 2.75) is 19.4 Å². The van der Waals surface area contributed by atoms with Gasteiger partial charge in [-0.05, 0) is 13.0 Å². The number of benzene rings is 1. The third-order valence-corrected chi connectivity index (χ3v) is 2.11. The smallest absolute Gasteiger partial charge is 0.306 e. The number of nitro benzene ring substituents is 1. The van der Waals surface area contributed by atoms with Gasteiger partial charge in [-0.3, -0.25) is 14.9 Å². The maximum atomic E-state index is 10.7. The number of carboxylic acid groups (broad SMARTS) is 1. The standard InChI is InChI=1S/C10H11NO5/c1-6-2-3-8(11(15)16)7(4-6)9(12)5-10(13)14/h2-4,9,12H,5H2,1H3,(H,13,14)/t9-/m1/s1. The van der Waals surface area contributed by atoms with Crippen LogP contribution in [0.3, 0.4) is 0 Å². The molecule has 0 aliphatic heterocycles. The van der Waals surface area contributed by atoms with Gasteiger partial charge in [0, 0.05) is 6.07 Å². The summed E-state index contributed by atoms with van der Waals surface area (Å²) in [5, 5.41) is 28.7. The molecule has 6 heteroatoms. The minimum atomic E-state index is -1.36. The van der Waals surface area contributed by atoms with Crippen LogP contribution >= 0.6 is 0 Å². The van der Waals surface area contributed by atoms with Crippen molar-refractivity contribution in [1.82, 2.24) is 0 Å². The molecule has 0 aliphatic rings. The first-order chi connectivity index (χ1) is 7.41. The highest BCUT2D eigenvalue weighted by molar-refractivity contribution is 5.68. The molecule has 0 saturated carbocycles. The molecular formula is C10H11NO5. The van der Waals surface area contributed by atoms with Crippen LogP contribution in [0, 0.1) is 17.0 Å². The molecule has 0 aromatic heterocycles. The van der Waals surface area contributed by atoms with E-state index in [2.05, 4.69) is 0 Å². The minimum Gasteiger partial charge on any atom is -0.481 e. The molecule has 1 rings (SSSR count). The number of aliphatic hydroxyl groups is 1. The fourth-order valence-electron chi connectivity index (χ4n) is 1.38. The van der Waals surface area contributed by atoms with Crippen molar-refractivity contribution in [3.8, 4) is 0 Å². The lowest BCUT2D eigenvalue weighted by atomic mass is 10.0. The lowest BCUT2D eigenvalue weighted by Gasteiger charge is -2.09. The van der Waals surface area contributed by atoms with Gasteiger partial charge < -0.3 is 10.2 Å². The van der Waals surface area contributed by atoms with E-state index in [0.29, 0.717) is 0 Å². The fraction of sp³-hybridized carbons (Fsp3) is 0.300. The molecular weight excluding hydrogens is 214 g/mol. The van der Waals surface area contributed by atoms with Gasteiger partial charge in [-0.25, -0.2) is 0 Å². The molecule has 2 N–H and O–H groups in total. The van der Waals surface area contributed by atoms with E-state index in [1.807, 2.05) is 0 Å². The minimum absolute atomic E-state index is 0.0346. The number of hydrogen-bond donors (Lipinski definition) is 2. The predicted octanol–water partition coefficient (Wildman–Crippen LogP) is 1.41. The Hall–Kier alpha value is -1.95. The van der Waals surface area contributed by atoms with Crippen molar-refractivity contribution in [3.63, 3.8) is 0 Å². The van der Waals surface area contributed by atoms with Crippen molar-refractivity contribution in [3.05, 3.63) is 39.4 Å². The quantitative estimate of drug-likeness (QED) is 0.596. The molecule has 0 unspecified atom stereocenters. The van der Waals surface area contributed by atoms with Gasteiger partial charge >= 0.3 is 5.97 Å². The normalized spacial score (nSPS) is 12.1. The van der Waals surface area contributed by atoms with Crippen LogP contribution in [0.2, 0.25) is 0 Å². The van der Waals surface area contributed by atoms with Gasteiger partial charge in [-0.2, -0.15) is 0 Å². The Morgan fingerprint density at radius 2 is 2.19 bits per heavy atom. The predicted molar refractivity (Wildman–Crippen MR) is 55.0 cm³/mol. The number of hydrogen-bond acceptors (Lipinski definition) is 4. The summed E-state index contributed by atoms with van der Waals surface area (Å²) in [6.07, 6.45) is -1.91. The molecule has 16 heavy (non-hydrogen) atoms. The molecule has 6 nitrogen and oxygen atoms in total. The molecule has 0 amide bonds. The van der Waals surface area contributed by atoms with Crippen LogP contribution in [0.25, 0.3) is 0 Å². The first-order valence-corrected chi connectivity index (χ1v) is 4.56. The Balaban J connectivity index is 3.13. The van der Waals surface area contributed by atoms with Crippen molar-refractivity contribution < 1.29 is 19.9 Å². The van der Waals surface area contributed by atoms with Gasteiger partial charge in [-0.1, -0.05) is 11.6 Å². The summed E-state index contributed by atoms with van der Waals surface area (Å²) in [6, 6.07) is 4.22. The van der Waals surface area contributed by atoms with E-state index >= 15 is 0 Å². The van der Waals surface area contributed by atoms with Gasteiger partial charge in [0.2, 0.25) is 0 Å². The largest absolute Gasteiger partial charge is 0.481 e. The molecule has 0 fully saturated rings. The first-order valence-electron chi connectivity index (χ1n) is 4.56. The summed E-state index contributed by atoms with van der Waals surface area (Å²) in [4.78, 5) is 20.5. The number of nitro groups is 1. The number of rotatable bonds is 4. The second-order valence-corrected chi connectivity index (χ2v) is 3.43. The highest BCUT2D eigenvalue weighted by atomic mass is 16.6. The zero-order valence-electron chi connectivity index (χ0n) is 8.58. The average molecular weight is 225 g/mol. The second kappa shape index (κ2) is 4.71. The second-order valence-electron chi connectivity index (χ2n) is 3.43. The van der Waals surface area contributed by atoms with E-state index in [4.69, 9.17) is 5.11 Å². The van der Waals surface area contributed by atoms with E-state index in [1.165, 1.54) is 18.2 Å². The van der Waals surface area contributed by atoms with Gasteiger partial charge in [0.25, 0.3) is 5.69 Å². The Morgan fingerprint density at radius 1 is 1.56 bits per heavy atom. The molecule has 0 bridgehead atoms. The lowest BCUT2D eigenvalue weighted by molar-refractivity contribution is -0.386. The molecule has 0 heterocycles. The van der Waals surface area contributed by atoms with E-state index in [1.54, 1.807) is 6.92 Å². The van der Waals surface area contributed by atoms with Crippen LogP contribution in [-0.4, -0.2) is 21.1 Å². The number of aryl methyl sites for hydroxylation is 1. The first kappa shape index (κ1) is 12.1. The number of carboxylic acids is 1. The Labute approximate surface area is 91.3 Å². The number of nitrogens with zero attached hydrogens (tertiary/aromatic N) is 1. The molecule has 0 spiro atoms. The lowest BCUT2D eigenvalue weighted by Crippen LogP contribution is -2.08. The van der Waals surface area contributed by atoms with Crippen LogP contribution in [-0.2, 0) is 4.79 Å². The summed E-state index contributed by atoms with van der Waals surface area (Å²) in [5.74, 6) is -1.21. The molecule has 0 aliphatic carbocycles. The third kappa shape index (κ3) is 2.77. The monoisotopic (exact) mass is 225 g/mol. The van der Waals surface area contributed by atoms with Crippen molar-refractivity contribution in [1.29, 1.82) is 0 Å². The summed E-state index contributed by atoms with van der Waals surface area (Å²) in [7, 11) is 0. The van der Waals surface area contributed by atoms with Crippen molar-refractivity contribution in [2.75, 3.05) is 0 Å². The molecule has 0 saturated heterocycles. The van der Waals surface area contributed by atoms with Gasteiger partial charge in [-0.15, -0.1) is 0 Å². The fourth-order valence-corrected chi connectivity index (χ4v) is 1.38. The van der Waals surface area contributed by atoms with Crippen LogP contribution in [0.1, 0.15) is 23.7 Å². The Kier molecular flexibility index (Phi) is 3.57. The highest BCUT2D eigenvalue weighted by Crippen LogP contribution is 2.27. The highest BCUT2D eigenvalue weighted by Gasteiger charge is 2.22. The van der Waals surface area contributed by atoms with Crippen LogP contribution < -0.4 is 0 Å². The molecule has 1 aromatic carbocycles. The van der Waals surface area contributed by atoms with E-state index in [9.17, 15) is 20.0 Å². The van der Waals surface area contributed by atoms with E-state index < -0.39 is 23.4 Å². The van der Waals surface area contributed by atoms with E-state index in [-0.39, 0.29) is 11.3 Å². The summed E-state index contributed by atoms with van der Waals surface area (Å²) < 4.78 is 0. The molecule has 86 valence electrons. The van der Waals surface area contributed by atoms with Crippen LogP contribution in [0.4, 0.5) is 5.69 Å². The van der Waals surface area contributed by atoms with Gasteiger partial charge in [0.05, 0.1) is 23.0 Å². The average Bonchev–Trinajstić information content (AvgIpc) is 2.15. The summed E-state index contributed by atoms with van der Waals surface area (Å²) in [5.41, 5.74) is 0.497. The summed E-state index contributed by atoms with van der Waals surface area (Å²) >= 11 is 0. The van der Waals surface area contributed by atoms with Gasteiger partial charge in [0.15, 0.2) is 0 Å². The molecule has 1 aromatic rings. The zero-order valence-corrected chi connectivity index (χ0v) is 8.58. The molecule has 0 radical (unpaired) electrons. The molecule has 1 atom stereocenters. The van der Waals surface area contributed by atoms with Gasteiger partial charge in [0.1, 0.15) is 0 Å². The third-order valence-electron chi connectivity index (χ3n) is 2.11. The Bertz CT molecular complexity index is 429. The van der Waals surface area contributed by atoms with Crippen LogP contribution in [0.15, 0.2) is 18.2 Å². The zero-order chi connectivity index (χ0) is 12.3. The maximum absolute atomic E-state index is 10.7.